The number of fused-ring (bicyclic) bond motifs is 1. The predicted octanol–water partition coefficient (Wildman–Crippen LogP) is 2.12. The van der Waals surface area contributed by atoms with Gasteiger partial charge in [0, 0.05) is 43.9 Å². The van der Waals surface area contributed by atoms with Gasteiger partial charge in [0.1, 0.15) is 11.6 Å². The lowest BCUT2D eigenvalue weighted by atomic mass is 10.0. The Balaban J connectivity index is 2.12. The fraction of sp³-hybridized carbons (Fsp3) is 0.600. The van der Waals surface area contributed by atoms with Crippen molar-refractivity contribution in [3.63, 3.8) is 0 Å². The molecule has 0 saturated heterocycles. The Morgan fingerprint density at radius 3 is 2.60 bits per heavy atom. The van der Waals surface area contributed by atoms with Gasteiger partial charge in [-0.3, -0.25) is 4.90 Å². The minimum atomic E-state index is -0.523. The number of likely N-dealkylation sites (N-methyl/N-ethyl adjacent to an activating group) is 1. The summed E-state index contributed by atoms with van der Waals surface area (Å²) in [7, 11) is 0. The van der Waals surface area contributed by atoms with Crippen molar-refractivity contribution in [2.24, 2.45) is 5.73 Å². The monoisotopic (exact) mass is 283 g/mol. The van der Waals surface area contributed by atoms with Crippen LogP contribution < -0.4 is 5.73 Å². The van der Waals surface area contributed by atoms with Crippen LogP contribution in [-0.2, 0) is 6.54 Å². The Labute approximate surface area is 119 Å². The molecule has 1 aliphatic heterocycles. The Bertz CT molecular complexity index is 461. The Morgan fingerprint density at radius 2 is 2.00 bits per heavy atom. The molecular weight excluding hydrogens is 260 g/mol. The molecule has 20 heavy (non-hydrogen) atoms. The lowest BCUT2D eigenvalue weighted by molar-refractivity contribution is 0.179. The summed E-state index contributed by atoms with van der Waals surface area (Å²) < 4.78 is 27.2. The van der Waals surface area contributed by atoms with Crippen molar-refractivity contribution in [2.75, 3.05) is 32.7 Å². The van der Waals surface area contributed by atoms with Crippen LogP contribution in [0.15, 0.2) is 12.1 Å². The summed E-state index contributed by atoms with van der Waals surface area (Å²) in [4.78, 5) is 4.46. The van der Waals surface area contributed by atoms with Crippen LogP contribution in [0.3, 0.4) is 0 Å². The van der Waals surface area contributed by atoms with E-state index in [0.29, 0.717) is 24.2 Å². The molecule has 0 aliphatic carbocycles. The normalized spacial score (nSPS) is 18.8. The summed E-state index contributed by atoms with van der Waals surface area (Å²) in [6.07, 6.45) is 0. The van der Waals surface area contributed by atoms with Gasteiger partial charge < -0.3 is 10.6 Å². The number of hydrogen-bond donors (Lipinski definition) is 1. The Morgan fingerprint density at radius 1 is 1.30 bits per heavy atom. The van der Waals surface area contributed by atoms with E-state index < -0.39 is 11.6 Å². The third-order valence-corrected chi connectivity index (χ3v) is 4.18. The average Bonchev–Trinajstić information content (AvgIpc) is 2.78. The standard InChI is InChI=1S/C15H23F2N3/c1-3-19(4-2)5-6-20-10-13-12(15(20)9-18)7-11(16)8-14(13)17/h7-8,15H,3-6,9-10,18H2,1-2H3. The molecule has 0 fully saturated rings. The molecule has 0 amide bonds. The first kappa shape index (κ1) is 15.4. The highest BCUT2D eigenvalue weighted by atomic mass is 19.1. The predicted molar refractivity (Wildman–Crippen MR) is 76.4 cm³/mol. The highest BCUT2D eigenvalue weighted by Gasteiger charge is 2.31. The number of hydrogen-bond acceptors (Lipinski definition) is 3. The molecular formula is C15H23F2N3. The third-order valence-electron chi connectivity index (χ3n) is 4.18. The van der Waals surface area contributed by atoms with Gasteiger partial charge in [0.2, 0.25) is 0 Å². The molecule has 1 unspecified atom stereocenters. The summed E-state index contributed by atoms with van der Waals surface area (Å²) in [5, 5.41) is 0. The molecule has 1 aromatic carbocycles. The van der Waals surface area contributed by atoms with Gasteiger partial charge in [-0.15, -0.1) is 0 Å². The molecule has 1 atom stereocenters. The van der Waals surface area contributed by atoms with Gasteiger partial charge in [-0.05, 0) is 24.7 Å². The molecule has 0 saturated carbocycles. The largest absolute Gasteiger partial charge is 0.329 e. The van der Waals surface area contributed by atoms with Gasteiger partial charge in [-0.2, -0.15) is 0 Å². The van der Waals surface area contributed by atoms with Crippen molar-refractivity contribution < 1.29 is 8.78 Å². The summed E-state index contributed by atoms with van der Waals surface area (Å²) in [6.45, 7) is 8.87. The lowest BCUT2D eigenvalue weighted by Crippen LogP contribution is -2.36. The number of nitrogens with two attached hydrogens (primary N) is 1. The molecule has 5 heteroatoms. The van der Waals surface area contributed by atoms with E-state index >= 15 is 0 Å². The molecule has 1 aliphatic rings. The molecule has 0 spiro atoms. The van der Waals surface area contributed by atoms with Gasteiger partial charge in [0.15, 0.2) is 0 Å². The van der Waals surface area contributed by atoms with Crippen molar-refractivity contribution >= 4 is 0 Å². The zero-order chi connectivity index (χ0) is 14.7. The average molecular weight is 283 g/mol. The molecule has 0 radical (unpaired) electrons. The summed E-state index contributed by atoms with van der Waals surface area (Å²) in [5.74, 6) is -0.978. The minimum absolute atomic E-state index is 0.0780. The van der Waals surface area contributed by atoms with Crippen LogP contribution in [0, 0.1) is 11.6 Å². The molecule has 1 heterocycles. The van der Waals surface area contributed by atoms with Gasteiger partial charge >= 0.3 is 0 Å². The van der Waals surface area contributed by atoms with E-state index in [1.54, 1.807) is 0 Å². The Kier molecular flexibility index (Phi) is 5.07. The quantitative estimate of drug-likeness (QED) is 0.868. The van der Waals surface area contributed by atoms with Gasteiger partial charge in [0.25, 0.3) is 0 Å². The number of nitrogens with zero attached hydrogens (tertiary/aromatic N) is 2. The zero-order valence-corrected chi connectivity index (χ0v) is 12.2. The van der Waals surface area contributed by atoms with Crippen LogP contribution in [0.5, 0.6) is 0 Å². The van der Waals surface area contributed by atoms with Crippen molar-refractivity contribution in [2.45, 2.75) is 26.4 Å². The second-order valence-corrected chi connectivity index (χ2v) is 5.20. The topological polar surface area (TPSA) is 32.5 Å². The molecule has 2 N–H and O–H groups in total. The smallest absolute Gasteiger partial charge is 0.130 e. The second-order valence-electron chi connectivity index (χ2n) is 5.20. The van der Waals surface area contributed by atoms with Crippen molar-refractivity contribution in [1.82, 2.24) is 9.80 Å². The van der Waals surface area contributed by atoms with Crippen LogP contribution in [0.25, 0.3) is 0 Å². The first-order chi connectivity index (χ1) is 9.60. The van der Waals surface area contributed by atoms with Gasteiger partial charge in [-0.1, -0.05) is 13.8 Å². The van der Waals surface area contributed by atoms with Crippen LogP contribution in [0.1, 0.15) is 31.0 Å². The first-order valence-corrected chi connectivity index (χ1v) is 7.24. The highest BCUT2D eigenvalue weighted by Crippen LogP contribution is 2.34. The van der Waals surface area contributed by atoms with Crippen molar-refractivity contribution in [3.05, 3.63) is 34.9 Å². The number of rotatable bonds is 6. The fourth-order valence-electron chi connectivity index (χ4n) is 2.92. The van der Waals surface area contributed by atoms with Crippen LogP contribution >= 0.6 is 0 Å². The SMILES string of the molecule is CCN(CC)CCN1Cc2c(F)cc(F)cc2C1CN. The van der Waals surface area contributed by atoms with E-state index in [1.807, 2.05) is 0 Å². The maximum Gasteiger partial charge on any atom is 0.130 e. The maximum atomic E-state index is 13.8. The van der Waals surface area contributed by atoms with Crippen LogP contribution in [0.2, 0.25) is 0 Å². The van der Waals surface area contributed by atoms with Gasteiger partial charge in [-0.25, -0.2) is 8.78 Å². The van der Waals surface area contributed by atoms with Crippen molar-refractivity contribution in [3.8, 4) is 0 Å². The van der Waals surface area contributed by atoms with E-state index in [4.69, 9.17) is 5.73 Å². The number of halogens is 2. The summed E-state index contributed by atoms with van der Waals surface area (Å²) in [6, 6.07) is 2.30. The van der Waals surface area contributed by atoms with Gasteiger partial charge in [0.05, 0.1) is 0 Å². The highest BCUT2D eigenvalue weighted by molar-refractivity contribution is 5.36. The zero-order valence-electron chi connectivity index (χ0n) is 12.2. The van der Waals surface area contributed by atoms with Crippen LogP contribution in [-0.4, -0.2) is 42.5 Å². The Hall–Kier alpha value is -1.04. The van der Waals surface area contributed by atoms with E-state index in [1.165, 1.54) is 6.07 Å². The van der Waals surface area contributed by atoms with Crippen molar-refractivity contribution in [1.29, 1.82) is 0 Å². The van der Waals surface area contributed by atoms with E-state index in [9.17, 15) is 8.78 Å². The summed E-state index contributed by atoms with van der Waals surface area (Å²) >= 11 is 0. The van der Waals surface area contributed by atoms with E-state index in [2.05, 4.69) is 23.6 Å². The number of benzene rings is 1. The third kappa shape index (κ3) is 3.00. The minimum Gasteiger partial charge on any atom is -0.329 e. The molecule has 0 bridgehead atoms. The fourth-order valence-corrected chi connectivity index (χ4v) is 2.92. The maximum absolute atomic E-state index is 13.8. The lowest BCUT2D eigenvalue weighted by Gasteiger charge is -2.27. The molecule has 2 rings (SSSR count). The van der Waals surface area contributed by atoms with Crippen LogP contribution in [0.4, 0.5) is 8.78 Å². The summed E-state index contributed by atoms with van der Waals surface area (Å²) in [5.41, 5.74) is 7.12. The van der Waals surface area contributed by atoms with E-state index in [-0.39, 0.29) is 6.04 Å². The second kappa shape index (κ2) is 6.61. The first-order valence-electron chi connectivity index (χ1n) is 7.24. The molecule has 1 aromatic rings. The molecule has 3 nitrogen and oxygen atoms in total. The van der Waals surface area contributed by atoms with E-state index in [0.717, 1.165) is 32.2 Å². The molecule has 0 aromatic heterocycles. The molecule has 112 valence electrons.